The molecule has 10 nitrogen and oxygen atoms in total. The van der Waals surface area contributed by atoms with Gasteiger partial charge in [-0.1, -0.05) is 46.9 Å². The fourth-order valence-electron chi connectivity index (χ4n) is 2.54. The molecular weight excluding hydrogens is 559 g/mol. The summed E-state index contributed by atoms with van der Waals surface area (Å²) in [6.45, 7) is 7.58. The second-order valence-corrected chi connectivity index (χ2v) is 7.05. The number of carbonyl (C=O) groups is 2. The van der Waals surface area contributed by atoms with Crippen LogP contribution in [0.3, 0.4) is 0 Å². The number of hydrogen-bond donors (Lipinski definition) is 0. The quantitative estimate of drug-likeness (QED) is 0.135. The summed E-state index contributed by atoms with van der Waals surface area (Å²) in [4.78, 5) is 44.7. The zero-order valence-electron chi connectivity index (χ0n) is 19.8. The van der Waals surface area contributed by atoms with Gasteiger partial charge in [0, 0.05) is 24.3 Å². The van der Waals surface area contributed by atoms with Gasteiger partial charge in [-0.3, -0.25) is 29.8 Å². The molecule has 34 heavy (non-hydrogen) atoms. The minimum Gasteiger partial charge on any atom is -0.466 e. The van der Waals surface area contributed by atoms with Crippen molar-refractivity contribution in [3.05, 3.63) is 79.9 Å². The molecule has 2 aromatic rings. The Morgan fingerprint density at radius 3 is 1.62 bits per heavy atom. The first-order valence-corrected chi connectivity index (χ1v) is 12.4. The summed E-state index contributed by atoms with van der Waals surface area (Å²) in [5.41, 5.74) is 0.627. The molecule has 0 amide bonds. The Morgan fingerprint density at radius 1 is 0.824 bits per heavy atom. The van der Waals surface area contributed by atoms with E-state index in [4.69, 9.17) is 9.47 Å². The Balaban J connectivity index is 0.000000601. The molecule has 0 aliphatic carbocycles. The van der Waals surface area contributed by atoms with Crippen molar-refractivity contribution in [3.63, 3.8) is 0 Å². The molecule has 186 valence electrons. The van der Waals surface area contributed by atoms with Gasteiger partial charge in [-0.05, 0) is 43.8 Å². The van der Waals surface area contributed by atoms with Gasteiger partial charge in [-0.15, -0.1) is 0 Å². The van der Waals surface area contributed by atoms with E-state index in [9.17, 15) is 29.8 Å². The van der Waals surface area contributed by atoms with Crippen LogP contribution in [0.2, 0.25) is 0 Å². The maximum atomic E-state index is 11.7. The topological polar surface area (TPSA) is 139 Å². The van der Waals surface area contributed by atoms with E-state index >= 15 is 0 Å². The first kappa shape index (κ1) is 30.9. The van der Waals surface area contributed by atoms with Crippen molar-refractivity contribution in [1.82, 2.24) is 0 Å². The van der Waals surface area contributed by atoms with E-state index in [1.807, 2.05) is 4.93 Å². The normalized spacial score (nSPS) is 9.94. The van der Waals surface area contributed by atoms with Crippen molar-refractivity contribution in [3.8, 4) is 0 Å². The highest BCUT2D eigenvalue weighted by Gasteiger charge is 2.31. The van der Waals surface area contributed by atoms with Gasteiger partial charge in [0.05, 0.1) is 34.9 Å². The van der Waals surface area contributed by atoms with E-state index in [1.165, 1.54) is 24.3 Å². The molecule has 0 N–H and O–H groups in total. The lowest BCUT2D eigenvalue weighted by Crippen LogP contribution is -2.31. The first-order chi connectivity index (χ1) is 16.0. The van der Waals surface area contributed by atoms with Gasteiger partial charge in [0.25, 0.3) is 11.4 Å². The number of non-ortho nitro benzene ring substituents is 2. The molecule has 0 spiro atoms. The third-order valence-corrected chi connectivity index (χ3v) is 4.39. The zero-order valence-corrected chi connectivity index (χ0v) is 21.9. The maximum absolute atomic E-state index is 11.7. The molecule has 0 bridgehead atoms. The number of nitro benzene ring substituents is 2. The number of nitrogens with zero attached hydrogens (tertiary/aromatic N) is 2. The van der Waals surface area contributed by atoms with Crippen LogP contribution in [0.15, 0.2) is 48.5 Å². The first-order valence-electron chi connectivity index (χ1n) is 10.2. The molecule has 11 heteroatoms. The van der Waals surface area contributed by atoms with Gasteiger partial charge in [-0.2, -0.15) is 0 Å². The third kappa shape index (κ3) is 10.2. The molecule has 2 rings (SSSR count). The predicted octanol–water partition coefficient (Wildman–Crippen LogP) is 5.19. The monoisotopic (exact) mass is 588 g/mol. The summed E-state index contributed by atoms with van der Waals surface area (Å²) in [5, 5.41) is 20.9. The Labute approximate surface area is 212 Å². The molecule has 0 atom stereocenters. The van der Waals surface area contributed by atoms with E-state index in [2.05, 4.69) is 22.6 Å². The summed E-state index contributed by atoms with van der Waals surface area (Å²) < 4.78 is 9.72. The molecule has 0 unspecified atom stereocenters. The molecule has 0 heterocycles. The van der Waals surface area contributed by atoms with E-state index in [0.717, 1.165) is 0 Å². The number of benzene rings is 2. The molecule has 2 aromatic carbocycles. The number of nitro groups is 2. The van der Waals surface area contributed by atoms with Crippen LogP contribution < -0.4 is 0 Å². The number of esters is 2. The van der Waals surface area contributed by atoms with Gasteiger partial charge < -0.3 is 9.47 Å². The largest absolute Gasteiger partial charge is 0.466 e. The summed E-state index contributed by atoms with van der Waals surface area (Å²) in [6, 6.07) is 11.8. The highest BCUT2D eigenvalue weighted by molar-refractivity contribution is 14.1. The number of carbonyl (C=O) groups excluding carboxylic acids is 2. The number of ether oxygens (including phenoxy) is 2. The lowest BCUT2D eigenvalue weighted by atomic mass is 9.85. The Morgan fingerprint density at radius 2 is 1.24 bits per heavy atom. The van der Waals surface area contributed by atoms with Crippen LogP contribution in [0.1, 0.15) is 38.8 Å². The summed E-state index contributed by atoms with van der Waals surface area (Å²) in [5.74, 6) is -0.666. The van der Waals surface area contributed by atoms with Crippen LogP contribution in [0.5, 0.6) is 0 Å². The van der Waals surface area contributed by atoms with Crippen molar-refractivity contribution in [1.29, 1.82) is 0 Å². The van der Waals surface area contributed by atoms with Crippen LogP contribution in [-0.4, -0.2) is 39.9 Å². The summed E-state index contributed by atoms with van der Waals surface area (Å²) >= 11 is 2.15. The average Bonchev–Trinajstić information content (AvgIpc) is 2.81. The van der Waals surface area contributed by atoms with E-state index in [-0.39, 0.29) is 29.7 Å². The van der Waals surface area contributed by atoms with E-state index in [0.29, 0.717) is 24.3 Å². The van der Waals surface area contributed by atoms with E-state index < -0.39 is 15.3 Å². The van der Waals surface area contributed by atoms with Gasteiger partial charge in [-0.25, -0.2) is 0 Å². The van der Waals surface area contributed by atoms with Crippen molar-refractivity contribution in [2.75, 3.05) is 18.1 Å². The lowest BCUT2D eigenvalue weighted by Gasteiger charge is -2.22. The van der Waals surface area contributed by atoms with Crippen molar-refractivity contribution >= 4 is 45.9 Å². The molecule has 0 aliphatic rings. The number of alkyl halides is 1. The highest BCUT2D eigenvalue weighted by atomic mass is 127. The smallest absolute Gasteiger partial charge is 0.315 e. The fourth-order valence-corrected chi connectivity index (χ4v) is 2.54. The van der Waals surface area contributed by atoms with Gasteiger partial charge in [0.2, 0.25) is 0 Å². The standard InChI is InChI=1S/C12H15NO4.C10H11NO4.CH3I/c1-4-17-11(14)12(2,3)9-5-7-10(8-6-9)13(15)16;1-2-15-10(12)7-8-3-5-9(6-4-8)11(13)14;1-2/h5-8H,4H2,1-3H3;3-6H,2,7H2,1H3;1H3. The van der Waals surface area contributed by atoms with Crippen molar-refractivity contribution in [2.45, 2.75) is 39.5 Å². The Kier molecular flexibility index (Phi) is 14.3. The van der Waals surface area contributed by atoms with Gasteiger partial charge in [0.15, 0.2) is 0 Å². The van der Waals surface area contributed by atoms with Crippen LogP contribution in [-0.2, 0) is 30.9 Å². The molecule has 0 aliphatic heterocycles. The summed E-state index contributed by atoms with van der Waals surface area (Å²) in [6.07, 6.45) is 0.145. The second kappa shape index (κ2) is 15.7. The lowest BCUT2D eigenvalue weighted by molar-refractivity contribution is -0.385. The van der Waals surface area contributed by atoms with Crippen LogP contribution in [0.25, 0.3) is 0 Å². The van der Waals surface area contributed by atoms with Crippen molar-refractivity contribution in [2.24, 2.45) is 0 Å². The van der Waals surface area contributed by atoms with Crippen LogP contribution in [0, 0.1) is 20.2 Å². The minimum atomic E-state index is -0.800. The van der Waals surface area contributed by atoms with Crippen LogP contribution in [0.4, 0.5) is 11.4 Å². The van der Waals surface area contributed by atoms with Crippen molar-refractivity contribution < 1.29 is 28.9 Å². The highest BCUT2D eigenvalue weighted by Crippen LogP contribution is 2.26. The average molecular weight is 588 g/mol. The zero-order chi connectivity index (χ0) is 26.3. The molecule has 0 fully saturated rings. The molecule has 0 saturated heterocycles. The molecule has 0 radical (unpaired) electrons. The number of hydrogen-bond acceptors (Lipinski definition) is 8. The third-order valence-electron chi connectivity index (χ3n) is 4.39. The Bertz CT molecular complexity index is 944. The number of halogens is 1. The minimum absolute atomic E-state index is 0.00779. The SMILES string of the molecule is CCOC(=O)C(C)(C)c1ccc([N+](=O)[O-])cc1.CCOC(=O)Cc1ccc([N+](=O)[O-])cc1.CI. The van der Waals surface area contributed by atoms with Gasteiger partial charge >= 0.3 is 11.9 Å². The summed E-state index contributed by atoms with van der Waals surface area (Å²) in [7, 11) is 0. The number of rotatable bonds is 8. The van der Waals surface area contributed by atoms with E-state index in [1.54, 1.807) is 52.0 Å². The van der Waals surface area contributed by atoms with Gasteiger partial charge in [0.1, 0.15) is 0 Å². The molecular formula is C23H29IN2O8. The fraction of sp³-hybridized carbons (Fsp3) is 0.391. The second-order valence-electron chi connectivity index (χ2n) is 7.05. The van der Waals surface area contributed by atoms with Crippen LogP contribution >= 0.6 is 22.6 Å². The molecule has 0 aromatic heterocycles. The maximum Gasteiger partial charge on any atom is 0.315 e. The molecule has 0 saturated carbocycles. The Hall–Kier alpha value is -3.09. The predicted molar refractivity (Wildman–Crippen MR) is 136 cm³/mol.